The normalized spacial score (nSPS) is 11.1. The Balaban J connectivity index is 2.46. The van der Waals surface area contributed by atoms with E-state index in [1.807, 2.05) is 32.0 Å². The highest BCUT2D eigenvalue weighted by molar-refractivity contribution is 5.78. The van der Waals surface area contributed by atoms with E-state index in [0.717, 1.165) is 5.39 Å². The van der Waals surface area contributed by atoms with Gasteiger partial charge in [0, 0.05) is 23.6 Å². The van der Waals surface area contributed by atoms with Crippen LogP contribution < -0.4 is 16.1 Å². The summed E-state index contributed by atoms with van der Waals surface area (Å²) in [6.07, 6.45) is 0. The second kappa shape index (κ2) is 5.23. The van der Waals surface area contributed by atoms with E-state index in [-0.39, 0.29) is 11.5 Å². The summed E-state index contributed by atoms with van der Waals surface area (Å²) in [4.78, 5) is 11.8. The lowest BCUT2D eigenvalue weighted by Gasteiger charge is -2.07. The maximum atomic E-state index is 11.8. The third-order valence-corrected chi connectivity index (χ3v) is 2.74. The number of hydrogen-bond donors (Lipinski definition) is 1. The number of ether oxygens (including phenoxy) is 1. The topological polar surface area (TPSA) is 65.5 Å². The molecule has 0 aliphatic carbocycles. The van der Waals surface area contributed by atoms with Gasteiger partial charge >= 0.3 is 5.63 Å². The van der Waals surface area contributed by atoms with Crippen molar-refractivity contribution in [3.05, 3.63) is 40.2 Å². The van der Waals surface area contributed by atoms with E-state index in [2.05, 4.69) is 0 Å². The van der Waals surface area contributed by atoms with E-state index >= 15 is 0 Å². The molecule has 96 valence electrons. The summed E-state index contributed by atoms with van der Waals surface area (Å²) in [7, 11) is 0. The molecule has 0 spiro atoms. The molecule has 1 aromatic heterocycles. The van der Waals surface area contributed by atoms with Crippen molar-refractivity contribution in [3.8, 4) is 5.75 Å². The first-order chi connectivity index (χ1) is 8.61. The van der Waals surface area contributed by atoms with Crippen LogP contribution in [0.25, 0.3) is 11.0 Å². The van der Waals surface area contributed by atoms with Crippen LogP contribution in [-0.2, 0) is 0 Å². The van der Waals surface area contributed by atoms with Crippen LogP contribution >= 0.6 is 0 Å². The van der Waals surface area contributed by atoms with Crippen LogP contribution in [0, 0.1) is 0 Å². The summed E-state index contributed by atoms with van der Waals surface area (Å²) in [5.74, 6) is 0.812. The lowest BCUT2D eigenvalue weighted by Crippen LogP contribution is -2.11. The van der Waals surface area contributed by atoms with Gasteiger partial charge in [0.2, 0.25) is 0 Å². The number of hydrogen-bond acceptors (Lipinski definition) is 4. The molecule has 0 saturated carbocycles. The van der Waals surface area contributed by atoms with Crippen molar-refractivity contribution in [2.24, 2.45) is 5.73 Å². The zero-order valence-electron chi connectivity index (χ0n) is 10.6. The predicted octanol–water partition coefficient (Wildman–Crippen LogP) is 2.25. The van der Waals surface area contributed by atoms with Crippen LogP contribution in [0.3, 0.4) is 0 Å². The van der Waals surface area contributed by atoms with Crippen LogP contribution in [0.5, 0.6) is 5.75 Å². The van der Waals surface area contributed by atoms with Crippen molar-refractivity contribution >= 4 is 11.0 Å². The molecule has 18 heavy (non-hydrogen) atoms. The second-order valence-corrected chi connectivity index (χ2v) is 4.48. The minimum Gasteiger partial charge on any atom is -0.492 e. The molecule has 0 atom stereocenters. The molecule has 1 heterocycles. The van der Waals surface area contributed by atoms with Crippen molar-refractivity contribution in [2.45, 2.75) is 19.8 Å². The summed E-state index contributed by atoms with van der Waals surface area (Å²) in [6.45, 7) is 4.84. The number of rotatable bonds is 4. The second-order valence-electron chi connectivity index (χ2n) is 4.48. The Morgan fingerprint density at radius 1 is 1.33 bits per heavy atom. The smallest absolute Gasteiger partial charge is 0.339 e. The molecule has 2 aromatic rings. The molecule has 0 saturated heterocycles. The highest BCUT2D eigenvalue weighted by Crippen LogP contribution is 2.22. The Labute approximate surface area is 105 Å². The lowest BCUT2D eigenvalue weighted by atomic mass is 10.0. The molecular weight excluding hydrogens is 230 g/mol. The average Bonchev–Trinajstić information content (AvgIpc) is 2.34. The third-order valence-electron chi connectivity index (χ3n) is 2.74. The number of fused-ring (bicyclic) bond motifs is 1. The van der Waals surface area contributed by atoms with Crippen LogP contribution in [-0.4, -0.2) is 13.2 Å². The molecule has 0 unspecified atom stereocenters. The minimum atomic E-state index is -0.284. The highest BCUT2D eigenvalue weighted by atomic mass is 16.5. The molecule has 0 radical (unpaired) electrons. The first-order valence-corrected chi connectivity index (χ1v) is 6.02. The monoisotopic (exact) mass is 247 g/mol. The molecule has 4 nitrogen and oxygen atoms in total. The largest absolute Gasteiger partial charge is 0.492 e. The van der Waals surface area contributed by atoms with Crippen molar-refractivity contribution in [1.82, 2.24) is 0 Å². The van der Waals surface area contributed by atoms with E-state index < -0.39 is 0 Å². The quantitative estimate of drug-likeness (QED) is 0.841. The molecule has 0 bridgehead atoms. The van der Waals surface area contributed by atoms with Gasteiger partial charge < -0.3 is 14.9 Å². The molecule has 0 fully saturated rings. The number of nitrogens with two attached hydrogens (primary N) is 1. The van der Waals surface area contributed by atoms with E-state index in [1.165, 1.54) is 0 Å². The fourth-order valence-electron chi connectivity index (χ4n) is 1.78. The van der Waals surface area contributed by atoms with E-state index in [4.69, 9.17) is 14.9 Å². The summed E-state index contributed by atoms with van der Waals surface area (Å²) in [5.41, 5.74) is 6.32. The fraction of sp³-hybridized carbons (Fsp3) is 0.357. The zero-order valence-corrected chi connectivity index (χ0v) is 10.6. The minimum absolute atomic E-state index is 0.152. The van der Waals surface area contributed by atoms with Gasteiger partial charge in [0.1, 0.15) is 17.9 Å². The molecule has 0 aliphatic rings. The maximum Gasteiger partial charge on any atom is 0.339 e. The van der Waals surface area contributed by atoms with Gasteiger partial charge in [-0.25, -0.2) is 4.79 Å². The first-order valence-electron chi connectivity index (χ1n) is 6.02. The SMILES string of the molecule is CC(C)c1cc2ccc(OCCN)cc2oc1=O. The van der Waals surface area contributed by atoms with Crippen LogP contribution in [0.15, 0.2) is 33.5 Å². The summed E-state index contributed by atoms with van der Waals surface area (Å²) < 4.78 is 10.7. The van der Waals surface area contributed by atoms with Crippen molar-refractivity contribution in [2.75, 3.05) is 13.2 Å². The van der Waals surface area contributed by atoms with Crippen LogP contribution in [0.1, 0.15) is 25.3 Å². The van der Waals surface area contributed by atoms with Gasteiger partial charge in [0.25, 0.3) is 0 Å². The average molecular weight is 247 g/mol. The number of benzene rings is 1. The van der Waals surface area contributed by atoms with Crippen molar-refractivity contribution in [3.63, 3.8) is 0 Å². The Hall–Kier alpha value is -1.81. The Bertz CT molecular complexity index is 602. The van der Waals surface area contributed by atoms with Gasteiger partial charge in [0.15, 0.2) is 0 Å². The predicted molar refractivity (Wildman–Crippen MR) is 71.1 cm³/mol. The molecule has 0 amide bonds. The molecular formula is C14H17NO3. The van der Waals surface area contributed by atoms with Gasteiger partial charge in [-0.05, 0) is 24.1 Å². The molecule has 2 N–H and O–H groups in total. The molecule has 0 aliphatic heterocycles. The zero-order chi connectivity index (χ0) is 13.1. The standard InChI is InChI=1S/C14H17NO3/c1-9(2)12-7-10-3-4-11(17-6-5-15)8-13(10)18-14(12)16/h3-4,7-9H,5-6,15H2,1-2H3. The molecule has 1 aromatic carbocycles. The summed E-state index contributed by atoms with van der Waals surface area (Å²) >= 11 is 0. The van der Waals surface area contributed by atoms with Gasteiger partial charge in [0.05, 0.1) is 0 Å². The van der Waals surface area contributed by atoms with Gasteiger partial charge in [-0.15, -0.1) is 0 Å². The van der Waals surface area contributed by atoms with E-state index in [1.54, 1.807) is 6.07 Å². The molecule has 2 rings (SSSR count). The van der Waals surface area contributed by atoms with Gasteiger partial charge in [-0.3, -0.25) is 0 Å². The first kappa shape index (κ1) is 12.6. The van der Waals surface area contributed by atoms with E-state index in [9.17, 15) is 4.79 Å². The van der Waals surface area contributed by atoms with Crippen LogP contribution in [0.4, 0.5) is 0 Å². The fourth-order valence-corrected chi connectivity index (χ4v) is 1.78. The summed E-state index contributed by atoms with van der Waals surface area (Å²) in [5, 5.41) is 0.901. The van der Waals surface area contributed by atoms with Gasteiger partial charge in [-0.2, -0.15) is 0 Å². The maximum absolute atomic E-state index is 11.8. The van der Waals surface area contributed by atoms with E-state index in [0.29, 0.717) is 30.0 Å². The lowest BCUT2D eigenvalue weighted by molar-refractivity contribution is 0.328. The Morgan fingerprint density at radius 3 is 2.78 bits per heavy atom. The molecule has 4 heteroatoms. The Kier molecular flexibility index (Phi) is 3.67. The van der Waals surface area contributed by atoms with Gasteiger partial charge in [-0.1, -0.05) is 13.8 Å². The Morgan fingerprint density at radius 2 is 2.11 bits per heavy atom. The van der Waals surface area contributed by atoms with Crippen molar-refractivity contribution < 1.29 is 9.15 Å². The summed E-state index contributed by atoms with van der Waals surface area (Å²) in [6, 6.07) is 7.33. The highest BCUT2D eigenvalue weighted by Gasteiger charge is 2.09. The van der Waals surface area contributed by atoms with Crippen LogP contribution in [0.2, 0.25) is 0 Å². The third kappa shape index (κ3) is 2.54. The van der Waals surface area contributed by atoms with Crippen molar-refractivity contribution in [1.29, 1.82) is 0 Å².